The number of aliphatic carboxylic acids is 2. The Hall–Kier alpha value is -0.860. The maximum atomic E-state index is 11.4. The predicted molar refractivity (Wildman–Crippen MR) is 119 cm³/mol. The van der Waals surface area contributed by atoms with Crippen LogP contribution in [-0.4, -0.2) is 57.0 Å². The largest absolute Gasteiger partial charge is 0.481 e. The fraction of sp³-hybridized carbons (Fsp3) is 0.412. The lowest BCUT2D eigenvalue weighted by Gasteiger charge is -2.06. The van der Waals surface area contributed by atoms with Crippen LogP contribution in [0.4, 0.5) is 0 Å². The van der Waals surface area contributed by atoms with Crippen molar-refractivity contribution < 1.29 is 44.3 Å². The van der Waals surface area contributed by atoms with Crippen LogP contribution in [0.2, 0.25) is 0 Å². The monoisotopic (exact) mass is 682 g/mol. The molecular formula is C17H18Br4O9. The Labute approximate surface area is 205 Å². The molecule has 0 radical (unpaired) electrons. The van der Waals surface area contributed by atoms with E-state index in [0.717, 1.165) is 0 Å². The number of aliphatic hydroxyl groups is 2. The lowest BCUT2D eigenvalue weighted by atomic mass is 10.1. The first-order valence-corrected chi connectivity index (χ1v) is 11.4. The number of esters is 2. The number of carboxylic acid groups (broad SMARTS) is 2. The molecule has 0 spiro atoms. The van der Waals surface area contributed by atoms with Gasteiger partial charge in [-0.1, -0.05) is 0 Å². The highest BCUT2D eigenvalue weighted by Gasteiger charge is 2.36. The summed E-state index contributed by atoms with van der Waals surface area (Å²) in [7, 11) is 0. The van der Waals surface area contributed by atoms with Gasteiger partial charge in [0.1, 0.15) is 0 Å². The Morgan fingerprint density at radius 1 is 0.833 bits per heavy atom. The molecule has 2 rings (SSSR count). The summed E-state index contributed by atoms with van der Waals surface area (Å²) < 4.78 is 6.84. The summed E-state index contributed by atoms with van der Waals surface area (Å²) in [4.78, 5) is 42.6. The zero-order chi connectivity index (χ0) is 23.6. The molecule has 0 aromatic heterocycles. The average Bonchev–Trinajstić information content (AvgIpc) is 2.96. The third kappa shape index (κ3) is 9.52. The number of benzene rings is 1. The van der Waals surface area contributed by atoms with Crippen molar-refractivity contribution in [1.29, 1.82) is 0 Å². The Bertz CT molecular complexity index is 748. The van der Waals surface area contributed by atoms with Gasteiger partial charge in [-0.05, 0) is 83.5 Å². The zero-order valence-corrected chi connectivity index (χ0v) is 21.8. The van der Waals surface area contributed by atoms with Gasteiger partial charge in [-0.15, -0.1) is 0 Å². The molecule has 168 valence electrons. The van der Waals surface area contributed by atoms with Gasteiger partial charge >= 0.3 is 23.9 Å². The number of fused-ring (bicyclic) bond motifs is 1. The van der Waals surface area contributed by atoms with Crippen LogP contribution in [0.25, 0.3) is 0 Å². The molecule has 9 nitrogen and oxygen atoms in total. The normalized spacial score (nSPS) is 12.6. The maximum absolute atomic E-state index is 11.4. The van der Waals surface area contributed by atoms with E-state index < -0.39 is 30.0 Å². The van der Waals surface area contributed by atoms with Crippen molar-refractivity contribution in [1.82, 2.24) is 0 Å². The van der Waals surface area contributed by atoms with Crippen LogP contribution in [0, 0.1) is 0 Å². The highest BCUT2D eigenvalue weighted by molar-refractivity contribution is 9.15. The van der Waals surface area contributed by atoms with Crippen molar-refractivity contribution in [3.63, 3.8) is 0 Å². The highest BCUT2D eigenvalue weighted by atomic mass is 79.9. The summed E-state index contributed by atoms with van der Waals surface area (Å²) in [5, 5.41) is 32.3. The summed E-state index contributed by atoms with van der Waals surface area (Å²) in [6.45, 7) is 1.39. The first-order chi connectivity index (χ1) is 13.8. The molecule has 1 atom stereocenters. The number of halogens is 4. The molecule has 1 unspecified atom stereocenters. The number of rotatable bonds is 6. The molecule has 1 heterocycles. The quantitative estimate of drug-likeness (QED) is 0.114. The Morgan fingerprint density at radius 2 is 1.13 bits per heavy atom. The summed E-state index contributed by atoms with van der Waals surface area (Å²) in [6.07, 6.45) is 0.457. The SMILES string of the molecule is CC(O)CO.O=C(O)CCCCC(=O)O.O=C1OC(=O)c2c(Br)c(Br)c(Br)c(Br)c21. The van der Waals surface area contributed by atoms with Crippen LogP contribution in [0.3, 0.4) is 0 Å². The number of unbranched alkanes of at least 4 members (excludes halogenated alkanes) is 1. The number of carboxylic acids is 2. The first-order valence-electron chi connectivity index (χ1n) is 8.20. The number of carbonyl (C=O) groups excluding carboxylic acids is 2. The number of hydrogen-bond donors (Lipinski definition) is 4. The van der Waals surface area contributed by atoms with E-state index in [1.807, 2.05) is 0 Å². The van der Waals surface area contributed by atoms with E-state index in [1.165, 1.54) is 6.92 Å². The minimum atomic E-state index is -0.870. The minimum absolute atomic E-state index is 0.0628. The van der Waals surface area contributed by atoms with Gasteiger partial charge in [-0.3, -0.25) is 9.59 Å². The molecular weight excluding hydrogens is 668 g/mol. The number of carbonyl (C=O) groups is 4. The second-order valence-corrected chi connectivity index (χ2v) is 8.88. The molecule has 4 N–H and O–H groups in total. The third-order valence-corrected chi connectivity index (χ3v) is 7.92. The van der Waals surface area contributed by atoms with E-state index >= 15 is 0 Å². The molecule has 1 aromatic rings. The number of ether oxygens (including phenoxy) is 1. The van der Waals surface area contributed by atoms with E-state index in [0.29, 0.717) is 30.7 Å². The molecule has 30 heavy (non-hydrogen) atoms. The molecule has 0 aliphatic carbocycles. The number of aliphatic hydroxyl groups excluding tert-OH is 2. The number of cyclic esters (lactones) is 2. The number of hydrogen-bond acceptors (Lipinski definition) is 7. The standard InChI is InChI=1S/C8Br4O3.C6H10O4.C3H8O2/c9-3-1-2(8(14)15-7(1)13)4(10)6(12)5(3)11;7-5(8)3-1-2-4-6(9)10;1-3(5)2-4/h;1-4H2,(H,7,8)(H,9,10);3-5H,2H2,1H3. The Morgan fingerprint density at radius 3 is 1.37 bits per heavy atom. The zero-order valence-electron chi connectivity index (χ0n) is 15.5. The molecule has 0 fully saturated rings. The molecule has 0 bridgehead atoms. The topological polar surface area (TPSA) is 158 Å². The van der Waals surface area contributed by atoms with Gasteiger partial charge in [0.2, 0.25) is 0 Å². The second-order valence-electron chi connectivity index (χ2n) is 5.71. The van der Waals surface area contributed by atoms with E-state index in [1.54, 1.807) is 0 Å². The van der Waals surface area contributed by atoms with Gasteiger partial charge in [0.05, 0.1) is 23.8 Å². The summed E-state index contributed by atoms with van der Waals surface area (Å²) in [6, 6.07) is 0. The molecule has 1 aliphatic rings. The van der Waals surface area contributed by atoms with Crippen LogP contribution in [0.1, 0.15) is 53.3 Å². The van der Waals surface area contributed by atoms with E-state index in [9.17, 15) is 19.2 Å². The van der Waals surface area contributed by atoms with Crippen molar-refractivity contribution >= 4 is 87.6 Å². The highest BCUT2D eigenvalue weighted by Crippen LogP contribution is 2.44. The summed E-state index contributed by atoms with van der Waals surface area (Å²) in [5.74, 6) is -3.03. The first kappa shape index (κ1) is 29.1. The summed E-state index contributed by atoms with van der Waals surface area (Å²) in [5.41, 5.74) is 0.476. The predicted octanol–water partition coefficient (Wildman–Crippen LogP) is 4.12. The fourth-order valence-corrected chi connectivity index (χ4v) is 4.20. The van der Waals surface area contributed by atoms with Crippen molar-refractivity contribution in [2.45, 2.75) is 38.7 Å². The lowest BCUT2D eigenvalue weighted by Crippen LogP contribution is -2.03. The Kier molecular flexibility index (Phi) is 13.8. The van der Waals surface area contributed by atoms with Gasteiger partial charge in [0.25, 0.3) is 0 Å². The third-order valence-electron chi connectivity index (χ3n) is 3.16. The van der Waals surface area contributed by atoms with Crippen molar-refractivity contribution in [2.75, 3.05) is 6.61 Å². The average molecular weight is 686 g/mol. The van der Waals surface area contributed by atoms with Gasteiger partial charge in [-0.25, -0.2) is 9.59 Å². The van der Waals surface area contributed by atoms with Gasteiger partial charge in [0, 0.05) is 30.7 Å². The van der Waals surface area contributed by atoms with Crippen molar-refractivity contribution in [3.05, 3.63) is 29.0 Å². The van der Waals surface area contributed by atoms with Crippen LogP contribution >= 0.6 is 63.7 Å². The molecule has 1 aromatic carbocycles. The van der Waals surface area contributed by atoms with Gasteiger partial charge < -0.3 is 25.2 Å². The molecule has 1 aliphatic heterocycles. The lowest BCUT2D eigenvalue weighted by molar-refractivity contribution is -0.139. The second kappa shape index (κ2) is 14.2. The van der Waals surface area contributed by atoms with E-state index in [-0.39, 0.29) is 30.6 Å². The van der Waals surface area contributed by atoms with Crippen LogP contribution < -0.4 is 0 Å². The van der Waals surface area contributed by atoms with Crippen LogP contribution in [0.15, 0.2) is 17.9 Å². The van der Waals surface area contributed by atoms with Crippen LogP contribution in [-0.2, 0) is 14.3 Å². The minimum Gasteiger partial charge on any atom is -0.481 e. The molecule has 0 amide bonds. The van der Waals surface area contributed by atoms with Gasteiger partial charge in [0.15, 0.2) is 0 Å². The molecule has 0 saturated heterocycles. The van der Waals surface area contributed by atoms with E-state index in [4.69, 9.17) is 20.4 Å². The van der Waals surface area contributed by atoms with Crippen molar-refractivity contribution in [3.8, 4) is 0 Å². The maximum Gasteiger partial charge on any atom is 0.348 e. The van der Waals surface area contributed by atoms with Crippen molar-refractivity contribution in [2.24, 2.45) is 0 Å². The van der Waals surface area contributed by atoms with E-state index in [2.05, 4.69) is 68.5 Å². The summed E-state index contributed by atoms with van der Waals surface area (Å²) >= 11 is 13.0. The molecule has 13 heteroatoms. The Balaban J connectivity index is 0.000000486. The fourth-order valence-electron chi connectivity index (χ4n) is 1.75. The van der Waals surface area contributed by atoms with Gasteiger partial charge in [-0.2, -0.15) is 0 Å². The molecule has 0 saturated carbocycles. The van der Waals surface area contributed by atoms with Crippen LogP contribution in [0.5, 0.6) is 0 Å². The smallest absolute Gasteiger partial charge is 0.348 e.